The summed E-state index contributed by atoms with van der Waals surface area (Å²) in [5.74, 6) is 0. The Kier molecular flexibility index (Phi) is 2.88. The molecule has 0 aromatic carbocycles. The van der Waals surface area contributed by atoms with Crippen LogP contribution in [0, 0.1) is 0 Å². The molecule has 1 aliphatic carbocycles. The van der Waals surface area contributed by atoms with Crippen LogP contribution in [0.5, 0.6) is 0 Å². The van der Waals surface area contributed by atoms with Crippen LogP contribution < -0.4 is 0 Å². The van der Waals surface area contributed by atoms with Crippen LogP contribution in [-0.2, 0) is 0 Å². The van der Waals surface area contributed by atoms with Crippen LogP contribution in [0.4, 0.5) is 0 Å². The molecule has 1 saturated carbocycles. The maximum absolute atomic E-state index is 4.07. The topological polar surface area (TPSA) is 30.7 Å². The predicted octanol–water partition coefficient (Wildman–Crippen LogP) is 2.12. The summed E-state index contributed by atoms with van der Waals surface area (Å²) in [6.45, 7) is 0. The van der Waals surface area contributed by atoms with Crippen LogP contribution in [0.2, 0.25) is 0 Å². The second kappa shape index (κ2) is 4.13. The van der Waals surface area contributed by atoms with Crippen LogP contribution in [0.3, 0.4) is 0 Å². The number of aromatic nitrogens is 3. The van der Waals surface area contributed by atoms with Gasteiger partial charge in [0, 0.05) is 11.4 Å². The predicted molar refractivity (Wildman–Crippen MR) is 54.8 cm³/mol. The summed E-state index contributed by atoms with van der Waals surface area (Å²) in [5.41, 5.74) is 0. The molecule has 0 aliphatic heterocycles. The monoisotopic (exact) mass is 197 g/mol. The van der Waals surface area contributed by atoms with E-state index in [2.05, 4.69) is 16.6 Å². The van der Waals surface area contributed by atoms with Gasteiger partial charge >= 0.3 is 0 Å². The zero-order valence-corrected chi connectivity index (χ0v) is 8.70. The molecule has 3 nitrogen and oxygen atoms in total. The Morgan fingerprint density at radius 2 is 2.38 bits per heavy atom. The first-order valence-corrected chi connectivity index (χ1v) is 6.07. The van der Waals surface area contributed by atoms with Gasteiger partial charge in [-0.3, -0.25) is 0 Å². The third-order valence-electron chi connectivity index (χ3n) is 2.75. The zero-order valence-electron chi connectivity index (χ0n) is 7.89. The molecule has 1 fully saturated rings. The lowest BCUT2D eigenvalue weighted by atomic mass is 9.95. The molecule has 1 aromatic heterocycles. The molecule has 4 heteroatoms. The fraction of sp³-hybridized carbons (Fsp3) is 0.778. The minimum absolute atomic E-state index is 0.591. The molecule has 2 rings (SSSR count). The van der Waals surface area contributed by atoms with Crippen molar-refractivity contribution in [3.05, 3.63) is 12.4 Å². The number of thioether (sulfide) groups is 1. The highest BCUT2D eigenvalue weighted by Crippen LogP contribution is 2.33. The van der Waals surface area contributed by atoms with Crippen molar-refractivity contribution in [3.63, 3.8) is 0 Å². The van der Waals surface area contributed by atoms with E-state index in [0.29, 0.717) is 6.04 Å². The number of hydrogen-bond donors (Lipinski definition) is 0. The Hall–Kier alpha value is -0.510. The summed E-state index contributed by atoms with van der Waals surface area (Å²) < 4.78 is 2.02. The zero-order chi connectivity index (χ0) is 9.10. The lowest BCUT2D eigenvalue weighted by Gasteiger charge is -2.27. The smallest absolute Gasteiger partial charge is 0.0693 e. The van der Waals surface area contributed by atoms with E-state index in [1.807, 2.05) is 22.6 Å². The van der Waals surface area contributed by atoms with Crippen molar-refractivity contribution < 1.29 is 0 Å². The van der Waals surface area contributed by atoms with Crippen molar-refractivity contribution in [3.8, 4) is 0 Å². The Labute approximate surface area is 82.9 Å². The molecule has 0 amide bonds. The maximum atomic E-state index is 4.07. The minimum Gasteiger partial charge on any atom is -0.249 e. The van der Waals surface area contributed by atoms with Crippen molar-refractivity contribution in [2.24, 2.45) is 0 Å². The summed E-state index contributed by atoms with van der Waals surface area (Å²) in [5, 5.41) is 8.74. The number of rotatable bonds is 2. The van der Waals surface area contributed by atoms with Gasteiger partial charge in [-0.15, -0.1) is 5.10 Å². The van der Waals surface area contributed by atoms with Crippen molar-refractivity contribution in [1.82, 2.24) is 15.0 Å². The Morgan fingerprint density at radius 3 is 3.08 bits per heavy atom. The highest BCUT2D eigenvalue weighted by molar-refractivity contribution is 7.99. The van der Waals surface area contributed by atoms with Crippen molar-refractivity contribution >= 4 is 11.8 Å². The second-order valence-electron chi connectivity index (χ2n) is 3.56. The molecule has 0 N–H and O–H groups in total. The normalized spacial score (nSPS) is 29.0. The van der Waals surface area contributed by atoms with Gasteiger partial charge in [0.15, 0.2) is 0 Å². The molecule has 0 radical (unpaired) electrons. The van der Waals surface area contributed by atoms with Gasteiger partial charge in [-0.1, -0.05) is 11.6 Å². The van der Waals surface area contributed by atoms with Crippen molar-refractivity contribution in [2.75, 3.05) is 6.26 Å². The fourth-order valence-corrected chi connectivity index (χ4v) is 2.80. The summed E-state index contributed by atoms with van der Waals surface area (Å²) in [6, 6.07) is 0.591. The van der Waals surface area contributed by atoms with Gasteiger partial charge in [0.1, 0.15) is 0 Å². The van der Waals surface area contributed by atoms with E-state index in [4.69, 9.17) is 0 Å². The second-order valence-corrected chi connectivity index (χ2v) is 4.70. The molecule has 0 unspecified atom stereocenters. The highest BCUT2D eigenvalue weighted by atomic mass is 32.2. The highest BCUT2D eigenvalue weighted by Gasteiger charge is 2.22. The van der Waals surface area contributed by atoms with Gasteiger partial charge in [-0.05, 0) is 25.5 Å². The van der Waals surface area contributed by atoms with Gasteiger partial charge in [0.2, 0.25) is 0 Å². The summed E-state index contributed by atoms with van der Waals surface area (Å²) >= 11 is 1.99. The van der Waals surface area contributed by atoms with Crippen LogP contribution in [-0.4, -0.2) is 26.5 Å². The quantitative estimate of drug-likeness (QED) is 0.727. The van der Waals surface area contributed by atoms with Gasteiger partial charge in [0.25, 0.3) is 0 Å². The van der Waals surface area contributed by atoms with Crippen LogP contribution in [0.15, 0.2) is 12.4 Å². The van der Waals surface area contributed by atoms with Gasteiger partial charge in [-0.25, -0.2) is 4.68 Å². The van der Waals surface area contributed by atoms with E-state index in [1.165, 1.54) is 25.7 Å². The molecular weight excluding hydrogens is 182 g/mol. The molecule has 2 atom stereocenters. The third kappa shape index (κ3) is 2.05. The average molecular weight is 197 g/mol. The standard InChI is InChI=1S/C9H15N3S/c1-13-9-4-2-3-8(7-9)12-6-5-10-11-12/h5-6,8-9H,2-4,7H2,1H3/t8-,9+/m0/s1. The van der Waals surface area contributed by atoms with E-state index in [1.54, 1.807) is 6.20 Å². The molecule has 0 spiro atoms. The van der Waals surface area contributed by atoms with E-state index in [0.717, 1.165) is 5.25 Å². The summed E-state index contributed by atoms with van der Waals surface area (Å²) in [4.78, 5) is 0. The van der Waals surface area contributed by atoms with Crippen molar-refractivity contribution in [2.45, 2.75) is 37.0 Å². The first-order valence-electron chi connectivity index (χ1n) is 4.78. The molecule has 0 bridgehead atoms. The van der Waals surface area contributed by atoms with E-state index < -0.39 is 0 Å². The Bertz CT molecular complexity index is 247. The molecule has 72 valence electrons. The van der Waals surface area contributed by atoms with Crippen LogP contribution in [0.25, 0.3) is 0 Å². The van der Waals surface area contributed by atoms with Crippen LogP contribution >= 0.6 is 11.8 Å². The van der Waals surface area contributed by atoms with Gasteiger partial charge < -0.3 is 0 Å². The minimum atomic E-state index is 0.591. The molecule has 13 heavy (non-hydrogen) atoms. The van der Waals surface area contributed by atoms with Crippen LogP contribution in [0.1, 0.15) is 31.7 Å². The fourth-order valence-electron chi connectivity index (χ4n) is 1.99. The van der Waals surface area contributed by atoms with E-state index in [9.17, 15) is 0 Å². The average Bonchev–Trinajstić information content (AvgIpc) is 2.71. The molecule has 1 heterocycles. The van der Waals surface area contributed by atoms with E-state index >= 15 is 0 Å². The number of nitrogens with zero attached hydrogens (tertiary/aromatic N) is 3. The molecule has 1 aromatic rings. The molecule has 0 saturated heterocycles. The lowest BCUT2D eigenvalue weighted by Crippen LogP contribution is -2.21. The third-order valence-corrected chi connectivity index (χ3v) is 3.84. The number of hydrogen-bond acceptors (Lipinski definition) is 3. The molecular formula is C9H15N3S. The Balaban J connectivity index is 2.00. The van der Waals surface area contributed by atoms with Gasteiger partial charge in [-0.2, -0.15) is 11.8 Å². The molecule has 1 aliphatic rings. The van der Waals surface area contributed by atoms with Gasteiger partial charge in [0.05, 0.1) is 12.2 Å². The SMILES string of the molecule is CS[C@@H]1CCC[C@H](n2ccnn2)C1. The summed E-state index contributed by atoms with van der Waals surface area (Å²) in [6.07, 6.45) is 11.2. The maximum Gasteiger partial charge on any atom is 0.0693 e. The first-order chi connectivity index (χ1) is 6.40. The lowest BCUT2D eigenvalue weighted by molar-refractivity contribution is 0.330. The summed E-state index contributed by atoms with van der Waals surface area (Å²) in [7, 11) is 0. The van der Waals surface area contributed by atoms with Crippen molar-refractivity contribution in [1.29, 1.82) is 0 Å². The van der Waals surface area contributed by atoms with E-state index in [-0.39, 0.29) is 0 Å². The largest absolute Gasteiger partial charge is 0.249 e. The Morgan fingerprint density at radius 1 is 1.46 bits per heavy atom. The first kappa shape index (κ1) is 9.06.